The number of aryl methyl sites for hydroxylation is 1. The highest BCUT2D eigenvalue weighted by atomic mass is 16.4. The summed E-state index contributed by atoms with van der Waals surface area (Å²) in [5, 5.41) is 3.06. The highest BCUT2D eigenvalue weighted by Gasteiger charge is 2.18. The normalized spacial score (nSPS) is 17.1. The smallest absolute Gasteiger partial charge is 0.236 e. The van der Waals surface area contributed by atoms with Crippen LogP contribution in [0.15, 0.2) is 10.6 Å². The van der Waals surface area contributed by atoms with E-state index in [-0.39, 0.29) is 5.91 Å². The molecule has 1 N–H and O–H groups in total. The molecule has 0 unspecified atom stereocenters. The van der Waals surface area contributed by atoms with E-state index in [1.807, 2.05) is 11.8 Å². The highest BCUT2D eigenvalue weighted by Crippen LogP contribution is 2.01. The Hall–Kier alpha value is -1.40. The molecule has 1 amide bonds. The van der Waals surface area contributed by atoms with Gasteiger partial charge in [0, 0.05) is 26.2 Å². The van der Waals surface area contributed by atoms with E-state index in [1.54, 1.807) is 6.20 Å². The quantitative estimate of drug-likeness (QED) is 0.807. The fraction of sp³-hybridized carbons (Fsp3) is 0.667. The van der Waals surface area contributed by atoms with Crippen LogP contribution in [-0.2, 0) is 11.3 Å². The van der Waals surface area contributed by atoms with Crippen LogP contribution >= 0.6 is 0 Å². The lowest BCUT2D eigenvalue weighted by molar-refractivity contribution is -0.131. The van der Waals surface area contributed by atoms with Gasteiger partial charge in [-0.2, -0.15) is 0 Å². The summed E-state index contributed by atoms with van der Waals surface area (Å²) in [6.07, 6.45) is 1.68. The van der Waals surface area contributed by atoms with Crippen LogP contribution in [0.5, 0.6) is 0 Å². The van der Waals surface area contributed by atoms with Crippen LogP contribution in [-0.4, -0.2) is 60.5 Å². The zero-order chi connectivity index (χ0) is 13.0. The molecule has 6 heteroatoms. The monoisotopic (exact) mass is 252 g/mol. The third-order valence-electron chi connectivity index (χ3n) is 3.08. The van der Waals surface area contributed by atoms with Crippen LogP contribution in [0.25, 0.3) is 0 Å². The Morgan fingerprint density at radius 1 is 1.44 bits per heavy atom. The Morgan fingerprint density at radius 3 is 2.78 bits per heavy atom. The van der Waals surface area contributed by atoms with Gasteiger partial charge in [-0.05, 0) is 14.0 Å². The van der Waals surface area contributed by atoms with Gasteiger partial charge in [-0.1, -0.05) is 0 Å². The van der Waals surface area contributed by atoms with Crippen LogP contribution in [0.1, 0.15) is 11.7 Å². The average molecular weight is 252 g/mol. The highest BCUT2D eigenvalue weighted by molar-refractivity contribution is 5.78. The molecule has 1 aliphatic rings. The minimum absolute atomic E-state index is 0.145. The summed E-state index contributed by atoms with van der Waals surface area (Å²) in [6.45, 7) is 6.21. The van der Waals surface area contributed by atoms with E-state index in [2.05, 4.69) is 22.2 Å². The Labute approximate surface area is 107 Å². The van der Waals surface area contributed by atoms with Crippen molar-refractivity contribution in [2.45, 2.75) is 13.5 Å². The molecule has 2 rings (SSSR count). The average Bonchev–Trinajstić information content (AvgIpc) is 2.76. The van der Waals surface area contributed by atoms with Crippen molar-refractivity contribution in [3.05, 3.63) is 17.8 Å². The molecule has 18 heavy (non-hydrogen) atoms. The Morgan fingerprint density at radius 2 is 2.17 bits per heavy atom. The first-order valence-corrected chi connectivity index (χ1v) is 6.23. The van der Waals surface area contributed by atoms with Crippen molar-refractivity contribution in [3.8, 4) is 0 Å². The number of carbonyl (C=O) groups is 1. The largest absolute Gasteiger partial charge is 0.445 e. The van der Waals surface area contributed by atoms with Crippen molar-refractivity contribution in [1.29, 1.82) is 0 Å². The first-order valence-electron chi connectivity index (χ1n) is 6.23. The minimum atomic E-state index is 0.145. The molecular formula is C12H20N4O2. The standard InChI is InChI=1S/C12H20N4O2/c1-10-7-14-11(18-10)8-13-9-12(17)16-5-3-15(2)4-6-16/h7,13H,3-6,8-9H2,1-2H3. The number of carbonyl (C=O) groups excluding carboxylic acids is 1. The molecule has 100 valence electrons. The molecule has 1 aliphatic heterocycles. The van der Waals surface area contributed by atoms with E-state index in [1.165, 1.54) is 0 Å². The minimum Gasteiger partial charge on any atom is -0.445 e. The number of piperazine rings is 1. The topological polar surface area (TPSA) is 61.6 Å². The molecule has 0 aromatic carbocycles. The van der Waals surface area contributed by atoms with Crippen molar-refractivity contribution in [2.24, 2.45) is 0 Å². The summed E-state index contributed by atoms with van der Waals surface area (Å²) in [7, 11) is 2.07. The van der Waals surface area contributed by atoms with Crippen LogP contribution in [0.2, 0.25) is 0 Å². The van der Waals surface area contributed by atoms with E-state index in [0.29, 0.717) is 19.0 Å². The second kappa shape index (κ2) is 5.97. The number of amides is 1. The number of hydrogen-bond donors (Lipinski definition) is 1. The van der Waals surface area contributed by atoms with Crippen molar-refractivity contribution in [3.63, 3.8) is 0 Å². The number of hydrogen-bond acceptors (Lipinski definition) is 5. The van der Waals surface area contributed by atoms with Crippen molar-refractivity contribution in [2.75, 3.05) is 39.8 Å². The van der Waals surface area contributed by atoms with Crippen molar-refractivity contribution >= 4 is 5.91 Å². The second-order valence-corrected chi connectivity index (χ2v) is 4.65. The first kappa shape index (κ1) is 13.0. The van der Waals surface area contributed by atoms with Crippen LogP contribution < -0.4 is 5.32 Å². The van der Waals surface area contributed by atoms with E-state index < -0.39 is 0 Å². The zero-order valence-electron chi connectivity index (χ0n) is 11.0. The number of aromatic nitrogens is 1. The van der Waals surface area contributed by atoms with E-state index >= 15 is 0 Å². The maximum Gasteiger partial charge on any atom is 0.236 e. The van der Waals surface area contributed by atoms with Crippen molar-refractivity contribution in [1.82, 2.24) is 20.1 Å². The lowest BCUT2D eigenvalue weighted by Crippen LogP contribution is -2.49. The molecule has 0 aliphatic carbocycles. The molecule has 0 atom stereocenters. The predicted octanol–water partition coefficient (Wildman–Crippen LogP) is -0.153. The van der Waals surface area contributed by atoms with Gasteiger partial charge in [0.25, 0.3) is 0 Å². The molecule has 0 radical (unpaired) electrons. The van der Waals surface area contributed by atoms with Gasteiger partial charge in [-0.25, -0.2) is 4.98 Å². The van der Waals surface area contributed by atoms with Gasteiger partial charge in [-0.3, -0.25) is 10.1 Å². The lowest BCUT2D eigenvalue weighted by Gasteiger charge is -2.32. The number of oxazole rings is 1. The molecular weight excluding hydrogens is 232 g/mol. The first-order chi connectivity index (χ1) is 8.65. The number of likely N-dealkylation sites (N-methyl/N-ethyl adjacent to an activating group) is 1. The molecule has 1 saturated heterocycles. The third-order valence-corrected chi connectivity index (χ3v) is 3.08. The summed E-state index contributed by atoms with van der Waals surface area (Å²) in [6, 6.07) is 0. The molecule has 1 fully saturated rings. The van der Waals surface area contributed by atoms with Gasteiger partial charge >= 0.3 is 0 Å². The van der Waals surface area contributed by atoms with Crippen molar-refractivity contribution < 1.29 is 9.21 Å². The molecule has 1 aromatic rings. The fourth-order valence-corrected chi connectivity index (χ4v) is 1.93. The van der Waals surface area contributed by atoms with Gasteiger partial charge in [0.2, 0.25) is 11.8 Å². The Bertz CT molecular complexity index is 397. The van der Waals surface area contributed by atoms with Crippen LogP contribution in [0, 0.1) is 6.92 Å². The van der Waals surface area contributed by atoms with E-state index in [0.717, 1.165) is 31.9 Å². The maximum atomic E-state index is 11.9. The molecule has 6 nitrogen and oxygen atoms in total. The molecule has 0 saturated carbocycles. The van der Waals surface area contributed by atoms with Crippen LogP contribution in [0.3, 0.4) is 0 Å². The number of nitrogens with zero attached hydrogens (tertiary/aromatic N) is 3. The Kier molecular flexibility index (Phi) is 4.33. The molecule has 1 aromatic heterocycles. The van der Waals surface area contributed by atoms with Gasteiger partial charge in [0.15, 0.2) is 0 Å². The third kappa shape index (κ3) is 3.54. The van der Waals surface area contributed by atoms with Gasteiger partial charge in [-0.15, -0.1) is 0 Å². The summed E-state index contributed by atoms with van der Waals surface area (Å²) in [4.78, 5) is 20.1. The summed E-state index contributed by atoms with van der Waals surface area (Å²) >= 11 is 0. The summed E-state index contributed by atoms with van der Waals surface area (Å²) in [5.74, 6) is 1.56. The SMILES string of the molecule is Cc1cnc(CNCC(=O)N2CCN(C)CC2)o1. The summed E-state index contributed by atoms with van der Waals surface area (Å²) < 4.78 is 5.32. The maximum absolute atomic E-state index is 11.9. The summed E-state index contributed by atoms with van der Waals surface area (Å²) in [5.41, 5.74) is 0. The number of rotatable bonds is 4. The van der Waals surface area contributed by atoms with Gasteiger partial charge < -0.3 is 14.2 Å². The van der Waals surface area contributed by atoms with Gasteiger partial charge in [0.05, 0.1) is 19.3 Å². The number of nitrogens with one attached hydrogen (secondary N) is 1. The fourth-order valence-electron chi connectivity index (χ4n) is 1.93. The lowest BCUT2D eigenvalue weighted by atomic mass is 10.3. The second-order valence-electron chi connectivity index (χ2n) is 4.65. The van der Waals surface area contributed by atoms with Gasteiger partial charge in [0.1, 0.15) is 5.76 Å². The molecule has 0 spiro atoms. The Balaban J connectivity index is 1.68. The van der Waals surface area contributed by atoms with E-state index in [4.69, 9.17) is 4.42 Å². The molecule has 0 bridgehead atoms. The van der Waals surface area contributed by atoms with E-state index in [9.17, 15) is 4.79 Å². The predicted molar refractivity (Wildman–Crippen MR) is 67.0 cm³/mol. The van der Waals surface area contributed by atoms with Crippen LogP contribution in [0.4, 0.5) is 0 Å². The zero-order valence-corrected chi connectivity index (χ0v) is 11.0. The molecule has 2 heterocycles.